The summed E-state index contributed by atoms with van der Waals surface area (Å²) in [5, 5.41) is 0. The van der Waals surface area contributed by atoms with Gasteiger partial charge in [-0.25, -0.2) is 0 Å². The van der Waals surface area contributed by atoms with Crippen LogP contribution in [0.15, 0.2) is 30.3 Å². The smallest absolute Gasteiger partial charge is 0.239 e. The lowest BCUT2D eigenvalue weighted by Gasteiger charge is -2.37. The van der Waals surface area contributed by atoms with Gasteiger partial charge < -0.3 is 10.6 Å². The van der Waals surface area contributed by atoms with Crippen molar-refractivity contribution >= 4 is 18.3 Å². The van der Waals surface area contributed by atoms with Crippen molar-refractivity contribution in [2.75, 3.05) is 13.1 Å². The molecule has 1 aliphatic heterocycles. The molecule has 0 bridgehead atoms. The lowest BCUT2D eigenvalue weighted by Crippen LogP contribution is -2.49. The fourth-order valence-electron chi connectivity index (χ4n) is 2.52. The van der Waals surface area contributed by atoms with Gasteiger partial charge in [0.2, 0.25) is 5.91 Å². The largest absolute Gasteiger partial charge is 0.341 e. The fraction of sp³-hybridized carbons (Fsp3) is 0.562. The van der Waals surface area contributed by atoms with Crippen molar-refractivity contribution in [2.45, 2.75) is 39.2 Å². The van der Waals surface area contributed by atoms with Gasteiger partial charge in [-0.15, -0.1) is 12.4 Å². The molecule has 1 atom stereocenters. The van der Waals surface area contributed by atoms with E-state index < -0.39 is 6.04 Å². The second-order valence-corrected chi connectivity index (χ2v) is 6.29. The van der Waals surface area contributed by atoms with Crippen LogP contribution >= 0.6 is 12.4 Å². The number of nitrogens with zero attached hydrogens (tertiary/aromatic N) is 1. The monoisotopic (exact) mass is 296 g/mol. The van der Waals surface area contributed by atoms with Gasteiger partial charge in [0.25, 0.3) is 0 Å². The van der Waals surface area contributed by atoms with Gasteiger partial charge in [0, 0.05) is 13.1 Å². The number of likely N-dealkylation sites (tertiary alicyclic amines) is 1. The molecule has 112 valence electrons. The Labute approximate surface area is 127 Å². The third-order valence-electron chi connectivity index (χ3n) is 4.04. The average Bonchev–Trinajstić information content (AvgIpc) is 2.39. The van der Waals surface area contributed by atoms with Crippen LogP contribution in [0.5, 0.6) is 0 Å². The summed E-state index contributed by atoms with van der Waals surface area (Å²) in [5.74, 6) is 0.0966. The van der Waals surface area contributed by atoms with Crippen LogP contribution in [0.1, 0.15) is 32.3 Å². The molecule has 2 N–H and O–H groups in total. The minimum Gasteiger partial charge on any atom is -0.341 e. The van der Waals surface area contributed by atoms with Gasteiger partial charge in [0.05, 0.1) is 6.04 Å². The number of halogens is 1. The summed E-state index contributed by atoms with van der Waals surface area (Å²) < 4.78 is 0. The van der Waals surface area contributed by atoms with E-state index in [0.717, 1.165) is 31.5 Å². The van der Waals surface area contributed by atoms with Crippen molar-refractivity contribution in [1.82, 2.24) is 4.90 Å². The van der Waals surface area contributed by atoms with Crippen LogP contribution in [0.25, 0.3) is 0 Å². The molecule has 0 unspecified atom stereocenters. The van der Waals surface area contributed by atoms with Crippen LogP contribution in [0, 0.1) is 5.41 Å². The molecule has 4 heteroatoms. The molecule has 0 radical (unpaired) electrons. The van der Waals surface area contributed by atoms with E-state index in [9.17, 15) is 4.79 Å². The zero-order valence-electron chi connectivity index (χ0n) is 12.3. The van der Waals surface area contributed by atoms with Crippen molar-refractivity contribution in [3.05, 3.63) is 35.9 Å². The van der Waals surface area contributed by atoms with Crippen LogP contribution < -0.4 is 5.73 Å². The molecule has 2 rings (SSSR count). The maximum atomic E-state index is 12.3. The van der Waals surface area contributed by atoms with Crippen LogP contribution in [0.4, 0.5) is 0 Å². The lowest BCUT2D eigenvalue weighted by atomic mass is 9.82. The first kappa shape index (κ1) is 17.0. The summed E-state index contributed by atoms with van der Waals surface area (Å²) in [6, 6.07) is 9.57. The molecule has 1 heterocycles. The highest BCUT2D eigenvalue weighted by Gasteiger charge is 2.29. The van der Waals surface area contributed by atoms with Crippen LogP contribution in [0.2, 0.25) is 0 Å². The Morgan fingerprint density at radius 3 is 2.35 bits per heavy atom. The van der Waals surface area contributed by atoms with Crippen molar-refractivity contribution in [3.63, 3.8) is 0 Å². The Balaban J connectivity index is 0.00000200. The first-order valence-corrected chi connectivity index (χ1v) is 7.06. The van der Waals surface area contributed by atoms with Crippen molar-refractivity contribution in [1.29, 1.82) is 0 Å². The van der Waals surface area contributed by atoms with E-state index in [1.807, 2.05) is 35.2 Å². The van der Waals surface area contributed by atoms with Crippen LogP contribution in [-0.4, -0.2) is 29.9 Å². The fourth-order valence-corrected chi connectivity index (χ4v) is 2.52. The molecule has 0 saturated carbocycles. The predicted molar refractivity (Wildman–Crippen MR) is 85.0 cm³/mol. The highest BCUT2D eigenvalue weighted by Crippen LogP contribution is 2.29. The Morgan fingerprint density at radius 1 is 1.25 bits per heavy atom. The highest BCUT2D eigenvalue weighted by atomic mass is 35.5. The number of hydrogen-bond donors (Lipinski definition) is 1. The molecule has 1 aromatic rings. The SMILES string of the molecule is CC1(C)CCN(C(=O)[C@@H](N)Cc2ccccc2)CC1.Cl. The van der Waals surface area contributed by atoms with E-state index in [1.54, 1.807) is 0 Å². The molecule has 20 heavy (non-hydrogen) atoms. The third-order valence-corrected chi connectivity index (χ3v) is 4.04. The maximum absolute atomic E-state index is 12.3. The minimum absolute atomic E-state index is 0. The summed E-state index contributed by atoms with van der Waals surface area (Å²) in [7, 11) is 0. The van der Waals surface area contributed by atoms with Gasteiger partial charge in [-0.1, -0.05) is 44.2 Å². The van der Waals surface area contributed by atoms with Gasteiger partial charge in [-0.2, -0.15) is 0 Å². The molecule has 1 aliphatic rings. The number of piperidine rings is 1. The topological polar surface area (TPSA) is 46.3 Å². The van der Waals surface area contributed by atoms with Crippen LogP contribution in [0.3, 0.4) is 0 Å². The summed E-state index contributed by atoms with van der Waals surface area (Å²) in [4.78, 5) is 14.2. The van der Waals surface area contributed by atoms with Gasteiger partial charge in [-0.05, 0) is 30.2 Å². The van der Waals surface area contributed by atoms with Gasteiger partial charge >= 0.3 is 0 Å². The summed E-state index contributed by atoms with van der Waals surface area (Å²) >= 11 is 0. The molecular weight excluding hydrogens is 272 g/mol. The van der Waals surface area contributed by atoms with Gasteiger partial charge in [0.1, 0.15) is 0 Å². The number of benzene rings is 1. The third kappa shape index (κ3) is 4.50. The van der Waals surface area contributed by atoms with Crippen molar-refractivity contribution in [3.8, 4) is 0 Å². The second kappa shape index (κ2) is 7.09. The number of amides is 1. The molecule has 0 spiro atoms. The maximum Gasteiger partial charge on any atom is 0.239 e. The average molecular weight is 297 g/mol. The van der Waals surface area contributed by atoms with E-state index in [-0.39, 0.29) is 18.3 Å². The molecule has 1 saturated heterocycles. The highest BCUT2D eigenvalue weighted by molar-refractivity contribution is 5.85. The summed E-state index contributed by atoms with van der Waals surface area (Å²) in [6.07, 6.45) is 2.76. The zero-order valence-corrected chi connectivity index (χ0v) is 13.2. The van der Waals surface area contributed by atoms with Crippen LogP contribution in [-0.2, 0) is 11.2 Å². The molecular formula is C16H25ClN2O. The van der Waals surface area contributed by atoms with Crippen molar-refractivity contribution < 1.29 is 4.79 Å². The molecule has 0 aliphatic carbocycles. The van der Waals surface area contributed by atoms with E-state index >= 15 is 0 Å². The number of rotatable bonds is 3. The molecule has 1 amide bonds. The van der Waals surface area contributed by atoms with E-state index in [2.05, 4.69) is 13.8 Å². The quantitative estimate of drug-likeness (QED) is 0.932. The first-order chi connectivity index (χ1) is 8.98. The Hall–Kier alpha value is -1.06. The van der Waals surface area contributed by atoms with Gasteiger partial charge in [-0.3, -0.25) is 4.79 Å². The summed E-state index contributed by atoms with van der Waals surface area (Å²) in [5.41, 5.74) is 7.54. The van der Waals surface area contributed by atoms with Gasteiger partial charge in [0.15, 0.2) is 0 Å². The Morgan fingerprint density at radius 2 is 1.80 bits per heavy atom. The number of hydrogen-bond acceptors (Lipinski definition) is 2. The normalized spacial score (nSPS) is 19.1. The lowest BCUT2D eigenvalue weighted by molar-refractivity contribution is -0.134. The standard InChI is InChI=1S/C16H24N2O.ClH/c1-16(2)8-10-18(11-9-16)15(19)14(17)12-13-6-4-3-5-7-13;/h3-7,14H,8-12,17H2,1-2H3;1H/t14-;/m0./s1. The Bertz CT molecular complexity index is 423. The number of carbonyl (C=O) groups is 1. The molecule has 1 fully saturated rings. The number of carbonyl (C=O) groups excluding carboxylic acids is 1. The zero-order chi connectivity index (χ0) is 13.9. The van der Waals surface area contributed by atoms with E-state index in [0.29, 0.717) is 11.8 Å². The minimum atomic E-state index is -0.413. The second-order valence-electron chi connectivity index (χ2n) is 6.29. The van der Waals surface area contributed by atoms with E-state index in [4.69, 9.17) is 5.73 Å². The molecule has 0 aromatic heterocycles. The first-order valence-electron chi connectivity index (χ1n) is 7.06. The Kier molecular flexibility index (Phi) is 6.03. The number of nitrogens with two attached hydrogens (primary N) is 1. The predicted octanol–water partition coefficient (Wildman–Crippen LogP) is 2.63. The van der Waals surface area contributed by atoms with Crippen molar-refractivity contribution in [2.24, 2.45) is 11.1 Å². The summed E-state index contributed by atoms with van der Waals surface area (Å²) in [6.45, 7) is 6.21. The molecule has 1 aromatic carbocycles. The molecule has 3 nitrogen and oxygen atoms in total. The van der Waals surface area contributed by atoms with E-state index in [1.165, 1.54) is 0 Å².